The van der Waals surface area contributed by atoms with Crippen LogP contribution in [0.3, 0.4) is 0 Å². The molecular formula is C14H11N3. The molecule has 0 radical (unpaired) electrons. The largest absolute Gasteiger partial charge is 0.192 e. The van der Waals surface area contributed by atoms with Crippen molar-refractivity contribution in [2.45, 2.75) is 6.92 Å². The van der Waals surface area contributed by atoms with E-state index < -0.39 is 0 Å². The van der Waals surface area contributed by atoms with Crippen molar-refractivity contribution in [2.24, 2.45) is 10.2 Å². The molecule has 0 fully saturated rings. The van der Waals surface area contributed by atoms with Gasteiger partial charge in [0.2, 0.25) is 0 Å². The highest BCUT2D eigenvalue weighted by Gasteiger charge is 1.99. The normalized spacial score (nSPS) is 10.4. The molecule has 3 heteroatoms. The zero-order chi connectivity index (χ0) is 12.1. The Hall–Kier alpha value is -2.47. The van der Waals surface area contributed by atoms with Crippen LogP contribution in [0, 0.1) is 18.3 Å². The van der Waals surface area contributed by atoms with Gasteiger partial charge in [0.1, 0.15) is 11.8 Å². The Morgan fingerprint density at radius 3 is 2.18 bits per heavy atom. The zero-order valence-corrected chi connectivity index (χ0v) is 9.46. The molecule has 0 amide bonds. The first kappa shape index (κ1) is 11.0. The SMILES string of the molecule is Cc1ccccc1N=Nc1ccccc1C#N. The number of rotatable bonds is 2. The third kappa shape index (κ3) is 2.56. The van der Waals surface area contributed by atoms with Crippen LogP contribution >= 0.6 is 0 Å². The molecule has 0 aromatic heterocycles. The maximum atomic E-state index is 8.92. The Balaban J connectivity index is 2.33. The number of benzene rings is 2. The van der Waals surface area contributed by atoms with Crippen molar-refractivity contribution >= 4 is 11.4 Å². The van der Waals surface area contributed by atoms with E-state index in [1.54, 1.807) is 12.1 Å². The third-order valence-corrected chi connectivity index (χ3v) is 2.41. The highest BCUT2D eigenvalue weighted by Crippen LogP contribution is 2.23. The molecule has 0 saturated heterocycles. The minimum absolute atomic E-state index is 0.532. The van der Waals surface area contributed by atoms with Gasteiger partial charge in [0, 0.05) is 0 Å². The zero-order valence-electron chi connectivity index (χ0n) is 9.46. The van der Waals surface area contributed by atoms with Crippen LogP contribution < -0.4 is 0 Å². The fourth-order valence-electron chi connectivity index (χ4n) is 1.44. The van der Waals surface area contributed by atoms with E-state index in [0.29, 0.717) is 11.3 Å². The van der Waals surface area contributed by atoms with Gasteiger partial charge in [-0.2, -0.15) is 10.4 Å². The number of nitriles is 1. The summed E-state index contributed by atoms with van der Waals surface area (Å²) in [5.41, 5.74) is 3.01. The Bertz CT molecular complexity index is 594. The smallest absolute Gasteiger partial charge is 0.103 e. The first-order valence-corrected chi connectivity index (χ1v) is 5.28. The molecule has 0 heterocycles. The Labute approximate surface area is 100 Å². The molecule has 2 rings (SSSR count). The van der Waals surface area contributed by atoms with E-state index >= 15 is 0 Å². The van der Waals surface area contributed by atoms with Crippen molar-refractivity contribution in [2.75, 3.05) is 0 Å². The molecule has 0 aliphatic heterocycles. The van der Waals surface area contributed by atoms with E-state index in [9.17, 15) is 0 Å². The average Bonchev–Trinajstić information content (AvgIpc) is 2.38. The lowest BCUT2D eigenvalue weighted by Crippen LogP contribution is -1.74. The van der Waals surface area contributed by atoms with E-state index in [-0.39, 0.29) is 0 Å². The van der Waals surface area contributed by atoms with Crippen molar-refractivity contribution in [1.82, 2.24) is 0 Å². The van der Waals surface area contributed by atoms with Crippen LogP contribution in [0.5, 0.6) is 0 Å². The molecule has 0 spiro atoms. The number of hydrogen-bond donors (Lipinski definition) is 0. The number of aryl methyl sites for hydroxylation is 1. The third-order valence-electron chi connectivity index (χ3n) is 2.41. The molecule has 17 heavy (non-hydrogen) atoms. The van der Waals surface area contributed by atoms with Crippen LogP contribution in [0.1, 0.15) is 11.1 Å². The molecule has 0 atom stereocenters. The molecule has 2 aromatic carbocycles. The molecule has 0 saturated carbocycles. The topological polar surface area (TPSA) is 48.5 Å². The summed E-state index contributed by atoms with van der Waals surface area (Å²) in [4.78, 5) is 0. The summed E-state index contributed by atoms with van der Waals surface area (Å²) in [6.45, 7) is 1.98. The van der Waals surface area contributed by atoms with Crippen LogP contribution in [0.2, 0.25) is 0 Å². The van der Waals surface area contributed by atoms with Gasteiger partial charge in [-0.05, 0) is 30.7 Å². The van der Waals surface area contributed by atoms with Crippen molar-refractivity contribution in [3.63, 3.8) is 0 Å². The van der Waals surface area contributed by atoms with Crippen LogP contribution in [0.4, 0.5) is 11.4 Å². The minimum atomic E-state index is 0.532. The highest BCUT2D eigenvalue weighted by atomic mass is 15.1. The molecule has 0 aliphatic rings. The Morgan fingerprint density at radius 2 is 1.47 bits per heavy atom. The van der Waals surface area contributed by atoms with Crippen molar-refractivity contribution in [3.05, 3.63) is 59.7 Å². The second kappa shape index (κ2) is 5.04. The van der Waals surface area contributed by atoms with Crippen molar-refractivity contribution in [1.29, 1.82) is 5.26 Å². The van der Waals surface area contributed by atoms with Gasteiger partial charge in [-0.15, -0.1) is 5.11 Å². The van der Waals surface area contributed by atoms with Crippen molar-refractivity contribution < 1.29 is 0 Å². The quantitative estimate of drug-likeness (QED) is 0.698. The summed E-state index contributed by atoms with van der Waals surface area (Å²) in [6.07, 6.45) is 0. The van der Waals surface area contributed by atoms with Crippen LogP contribution in [-0.2, 0) is 0 Å². The number of nitrogens with zero attached hydrogens (tertiary/aromatic N) is 3. The molecule has 82 valence electrons. The summed E-state index contributed by atoms with van der Waals surface area (Å²) in [5, 5.41) is 17.2. The molecule has 0 aliphatic carbocycles. The molecule has 3 nitrogen and oxygen atoms in total. The van der Waals surface area contributed by atoms with Gasteiger partial charge in [0.25, 0.3) is 0 Å². The van der Waals surface area contributed by atoms with Gasteiger partial charge >= 0.3 is 0 Å². The first-order chi connectivity index (χ1) is 8.31. The van der Waals surface area contributed by atoms with Crippen LogP contribution in [0.25, 0.3) is 0 Å². The van der Waals surface area contributed by atoms with Gasteiger partial charge in [0.15, 0.2) is 0 Å². The Kier molecular flexibility index (Phi) is 3.27. The lowest BCUT2D eigenvalue weighted by molar-refractivity contribution is 1.20. The number of hydrogen-bond acceptors (Lipinski definition) is 3. The summed E-state index contributed by atoms with van der Waals surface area (Å²) < 4.78 is 0. The summed E-state index contributed by atoms with van der Waals surface area (Å²) in [7, 11) is 0. The number of azo groups is 1. The van der Waals surface area contributed by atoms with E-state index in [4.69, 9.17) is 5.26 Å². The van der Waals surface area contributed by atoms with Gasteiger partial charge in [-0.25, -0.2) is 0 Å². The van der Waals surface area contributed by atoms with Crippen molar-refractivity contribution in [3.8, 4) is 6.07 Å². The lowest BCUT2D eigenvalue weighted by Gasteiger charge is -1.98. The summed E-state index contributed by atoms with van der Waals surface area (Å²) in [6, 6.07) is 17.0. The maximum Gasteiger partial charge on any atom is 0.103 e. The lowest BCUT2D eigenvalue weighted by atomic mass is 10.2. The van der Waals surface area contributed by atoms with E-state index in [0.717, 1.165) is 11.3 Å². The van der Waals surface area contributed by atoms with Gasteiger partial charge in [0.05, 0.1) is 11.3 Å². The fourth-order valence-corrected chi connectivity index (χ4v) is 1.44. The van der Waals surface area contributed by atoms with E-state index in [1.807, 2.05) is 43.3 Å². The first-order valence-electron chi connectivity index (χ1n) is 5.28. The fraction of sp³-hybridized carbons (Fsp3) is 0.0714. The van der Waals surface area contributed by atoms with E-state index in [2.05, 4.69) is 16.3 Å². The second-order valence-corrected chi connectivity index (χ2v) is 3.62. The molecule has 2 aromatic rings. The molecule has 0 unspecified atom stereocenters. The minimum Gasteiger partial charge on any atom is -0.192 e. The monoisotopic (exact) mass is 221 g/mol. The van der Waals surface area contributed by atoms with Crippen LogP contribution in [0.15, 0.2) is 58.8 Å². The van der Waals surface area contributed by atoms with E-state index in [1.165, 1.54) is 0 Å². The van der Waals surface area contributed by atoms with Gasteiger partial charge in [-0.3, -0.25) is 0 Å². The maximum absolute atomic E-state index is 8.92. The average molecular weight is 221 g/mol. The van der Waals surface area contributed by atoms with Gasteiger partial charge < -0.3 is 0 Å². The standard InChI is InChI=1S/C14H11N3/c1-11-6-2-4-8-13(11)16-17-14-9-5-3-7-12(14)10-15/h2-9H,1H3. The molecule has 0 N–H and O–H groups in total. The second-order valence-electron chi connectivity index (χ2n) is 3.62. The summed E-state index contributed by atoms with van der Waals surface area (Å²) >= 11 is 0. The highest BCUT2D eigenvalue weighted by molar-refractivity contribution is 5.53. The van der Waals surface area contributed by atoms with Gasteiger partial charge in [-0.1, -0.05) is 30.3 Å². The molecule has 0 bridgehead atoms. The summed E-state index contributed by atoms with van der Waals surface area (Å²) in [5.74, 6) is 0. The molecular weight excluding hydrogens is 210 g/mol. The van der Waals surface area contributed by atoms with Crippen LogP contribution in [-0.4, -0.2) is 0 Å². The predicted molar refractivity (Wildman–Crippen MR) is 66.5 cm³/mol. The Morgan fingerprint density at radius 1 is 0.882 bits per heavy atom. The predicted octanol–water partition coefficient (Wildman–Crippen LogP) is 4.28.